The van der Waals surface area contributed by atoms with Crippen LogP contribution in [0.25, 0.3) is 0 Å². The highest BCUT2D eigenvalue weighted by molar-refractivity contribution is 4.91. The minimum atomic E-state index is 0.187. The SMILES string of the molecule is CC1CCCC(CO)(CN2CCCC2CN(C)C)C1. The molecule has 1 saturated heterocycles. The van der Waals surface area contributed by atoms with Gasteiger partial charge >= 0.3 is 0 Å². The van der Waals surface area contributed by atoms with Gasteiger partial charge in [0, 0.05) is 31.2 Å². The van der Waals surface area contributed by atoms with Crippen molar-refractivity contribution in [1.29, 1.82) is 0 Å². The lowest BCUT2D eigenvalue weighted by Crippen LogP contribution is -2.47. The first-order chi connectivity index (χ1) is 9.04. The van der Waals surface area contributed by atoms with Gasteiger partial charge in [0.15, 0.2) is 0 Å². The Morgan fingerprint density at radius 3 is 2.68 bits per heavy atom. The fourth-order valence-corrected chi connectivity index (χ4v) is 4.27. The monoisotopic (exact) mass is 268 g/mol. The van der Waals surface area contributed by atoms with Gasteiger partial charge < -0.3 is 10.0 Å². The number of rotatable bonds is 5. The lowest BCUT2D eigenvalue weighted by molar-refractivity contribution is 0.0176. The van der Waals surface area contributed by atoms with Crippen LogP contribution in [0.5, 0.6) is 0 Å². The Balaban J connectivity index is 1.96. The number of hydrogen-bond acceptors (Lipinski definition) is 3. The molecule has 1 N–H and O–H groups in total. The molecule has 0 radical (unpaired) electrons. The van der Waals surface area contributed by atoms with Crippen LogP contribution in [0.1, 0.15) is 45.4 Å². The van der Waals surface area contributed by atoms with Gasteiger partial charge in [0.1, 0.15) is 0 Å². The third kappa shape index (κ3) is 3.93. The first kappa shape index (κ1) is 15.3. The van der Waals surface area contributed by atoms with E-state index in [2.05, 4.69) is 30.8 Å². The predicted octanol–water partition coefficient (Wildman–Crippen LogP) is 2.20. The third-order valence-electron chi connectivity index (χ3n) is 5.13. The van der Waals surface area contributed by atoms with Crippen molar-refractivity contribution in [2.24, 2.45) is 11.3 Å². The Morgan fingerprint density at radius 2 is 2.05 bits per heavy atom. The minimum absolute atomic E-state index is 0.187. The number of likely N-dealkylation sites (tertiary alicyclic amines) is 1. The van der Waals surface area contributed by atoms with Crippen LogP contribution in [0.2, 0.25) is 0 Å². The van der Waals surface area contributed by atoms with E-state index in [0.29, 0.717) is 12.6 Å². The van der Waals surface area contributed by atoms with E-state index in [1.807, 2.05) is 0 Å². The quantitative estimate of drug-likeness (QED) is 0.828. The van der Waals surface area contributed by atoms with E-state index in [0.717, 1.165) is 19.0 Å². The summed E-state index contributed by atoms with van der Waals surface area (Å²) in [6.45, 7) is 6.24. The van der Waals surface area contributed by atoms with E-state index in [1.165, 1.54) is 45.1 Å². The van der Waals surface area contributed by atoms with Gasteiger partial charge in [-0.2, -0.15) is 0 Å². The van der Waals surface area contributed by atoms with E-state index >= 15 is 0 Å². The van der Waals surface area contributed by atoms with Crippen molar-refractivity contribution in [2.75, 3.05) is 40.3 Å². The molecule has 19 heavy (non-hydrogen) atoms. The molecular weight excluding hydrogens is 236 g/mol. The molecule has 1 heterocycles. The summed E-state index contributed by atoms with van der Waals surface area (Å²) >= 11 is 0. The maximum absolute atomic E-state index is 9.95. The lowest BCUT2D eigenvalue weighted by atomic mass is 9.70. The molecule has 1 saturated carbocycles. The highest BCUT2D eigenvalue weighted by atomic mass is 16.3. The Hall–Kier alpha value is -0.120. The predicted molar refractivity (Wildman–Crippen MR) is 80.3 cm³/mol. The molecule has 3 nitrogen and oxygen atoms in total. The number of aliphatic hydroxyl groups excluding tert-OH is 1. The molecular formula is C16H32N2O. The maximum atomic E-state index is 9.95. The molecule has 1 aliphatic heterocycles. The summed E-state index contributed by atoms with van der Waals surface area (Å²) in [6, 6.07) is 0.704. The molecule has 3 unspecified atom stereocenters. The van der Waals surface area contributed by atoms with Gasteiger partial charge in [-0.25, -0.2) is 0 Å². The molecule has 3 atom stereocenters. The van der Waals surface area contributed by atoms with Crippen molar-refractivity contribution in [1.82, 2.24) is 9.80 Å². The van der Waals surface area contributed by atoms with Gasteiger partial charge in [0.2, 0.25) is 0 Å². The van der Waals surface area contributed by atoms with Crippen molar-refractivity contribution in [2.45, 2.75) is 51.5 Å². The molecule has 2 fully saturated rings. The van der Waals surface area contributed by atoms with Crippen molar-refractivity contribution in [3.8, 4) is 0 Å². The summed E-state index contributed by atoms with van der Waals surface area (Å²) in [5.74, 6) is 0.788. The molecule has 0 amide bonds. The van der Waals surface area contributed by atoms with Gasteiger partial charge in [-0.05, 0) is 52.2 Å². The lowest BCUT2D eigenvalue weighted by Gasteiger charge is -2.43. The molecule has 0 spiro atoms. The summed E-state index contributed by atoms with van der Waals surface area (Å²) in [5.41, 5.74) is 0.187. The van der Waals surface area contributed by atoms with Crippen molar-refractivity contribution >= 4 is 0 Å². The number of nitrogens with zero attached hydrogens (tertiary/aromatic N) is 2. The van der Waals surface area contributed by atoms with Crippen LogP contribution in [0.3, 0.4) is 0 Å². The van der Waals surface area contributed by atoms with Crippen LogP contribution in [0.4, 0.5) is 0 Å². The van der Waals surface area contributed by atoms with Crippen LogP contribution in [0, 0.1) is 11.3 Å². The topological polar surface area (TPSA) is 26.7 Å². The fourth-order valence-electron chi connectivity index (χ4n) is 4.27. The first-order valence-electron chi connectivity index (χ1n) is 8.04. The Morgan fingerprint density at radius 1 is 1.26 bits per heavy atom. The van der Waals surface area contributed by atoms with Crippen molar-refractivity contribution in [3.05, 3.63) is 0 Å². The second-order valence-corrected chi connectivity index (χ2v) is 7.39. The second-order valence-electron chi connectivity index (χ2n) is 7.39. The average Bonchev–Trinajstić information content (AvgIpc) is 2.75. The van der Waals surface area contributed by atoms with Crippen LogP contribution >= 0.6 is 0 Å². The molecule has 0 aromatic heterocycles. The Kier molecular flexibility index (Phi) is 5.27. The maximum Gasteiger partial charge on any atom is 0.0499 e. The zero-order chi connectivity index (χ0) is 13.9. The zero-order valence-corrected chi connectivity index (χ0v) is 13.1. The second kappa shape index (κ2) is 6.55. The Bertz CT molecular complexity index is 282. The molecule has 2 rings (SSSR count). The molecule has 1 aliphatic carbocycles. The average molecular weight is 268 g/mol. The standard InChI is InChI=1S/C16H32N2O/c1-14-6-4-8-16(10-14,13-19)12-18-9-5-7-15(18)11-17(2)3/h14-15,19H,4-13H2,1-3H3. The van der Waals surface area contributed by atoms with E-state index in [4.69, 9.17) is 0 Å². The molecule has 3 heteroatoms. The zero-order valence-electron chi connectivity index (χ0n) is 13.1. The smallest absolute Gasteiger partial charge is 0.0499 e. The van der Waals surface area contributed by atoms with E-state index in [9.17, 15) is 5.11 Å². The van der Waals surface area contributed by atoms with E-state index in [-0.39, 0.29) is 5.41 Å². The molecule has 0 aromatic carbocycles. The number of aliphatic hydroxyl groups is 1. The normalized spacial score (nSPS) is 37.1. The third-order valence-corrected chi connectivity index (χ3v) is 5.13. The number of likely N-dealkylation sites (N-methyl/N-ethyl adjacent to an activating group) is 1. The summed E-state index contributed by atoms with van der Waals surface area (Å²) in [6.07, 6.45) is 7.75. The van der Waals surface area contributed by atoms with Gasteiger partial charge in [-0.1, -0.05) is 19.8 Å². The van der Waals surface area contributed by atoms with Crippen LogP contribution < -0.4 is 0 Å². The molecule has 112 valence electrons. The molecule has 0 bridgehead atoms. The van der Waals surface area contributed by atoms with Gasteiger partial charge in [0.25, 0.3) is 0 Å². The van der Waals surface area contributed by atoms with Gasteiger partial charge in [0.05, 0.1) is 0 Å². The highest BCUT2D eigenvalue weighted by Crippen LogP contribution is 2.40. The number of hydrogen-bond donors (Lipinski definition) is 1. The first-order valence-corrected chi connectivity index (χ1v) is 8.04. The minimum Gasteiger partial charge on any atom is -0.396 e. The van der Waals surface area contributed by atoms with Crippen LogP contribution in [-0.2, 0) is 0 Å². The fraction of sp³-hybridized carbons (Fsp3) is 1.00. The van der Waals surface area contributed by atoms with E-state index in [1.54, 1.807) is 0 Å². The summed E-state index contributed by atoms with van der Waals surface area (Å²) in [5, 5.41) is 9.95. The van der Waals surface area contributed by atoms with Crippen LogP contribution in [0.15, 0.2) is 0 Å². The Labute approximate surface area is 119 Å². The largest absolute Gasteiger partial charge is 0.396 e. The molecule has 0 aromatic rings. The highest BCUT2D eigenvalue weighted by Gasteiger charge is 2.38. The summed E-state index contributed by atoms with van der Waals surface area (Å²) in [4.78, 5) is 4.96. The van der Waals surface area contributed by atoms with E-state index < -0.39 is 0 Å². The van der Waals surface area contributed by atoms with Gasteiger partial charge in [-0.3, -0.25) is 4.90 Å². The van der Waals surface area contributed by atoms with Crippen LogP contribution in [-0.4, -0.2) is 61.3 Å². The summed E-state index contributed by atoms with van der Waals surface area (Å²) < 4.78 is 0. The van der Waals surface area contributed by atoms with Gasteiger partial charge in [-0.15, -0.1) is 0 Å². The van der Waals surface area contributed by atoms with Crippen molar-refractivity contribution in [3.63, 3.8) is 0 Å². The summed E-state index contributed by atoms with van der Waals surface area (Å²) in [7, 11) is 4.34. The molecule has 2 aliphatic rings. The van der Waals surface area contributed by atoms with Crippen molar-refractivity contribution < 1.29 is 5.11 Å².